The number of carbonyl (C=O) groups excluding carboxylic acids is 2. The summed E-state index contributed by atoms with van der Waals surface area (Å²) in [4.78, 5) is 24.7. The molecule has 130 valence electrons. The first kappa shape index (κ1) is 16.9. The molecule has 1 aromatic carbocycles. The first-order valence-electron chi connectivity index (χ1n) is 7.88. The lowest BCUT2D eigenvalue weighted by molar-refractivity contribution is -0.128. The number of rotatable bonds is 4. The maximum Gasteiger partial charge on any atom is 0.242 e. The van der Waals surface area contributed by atoms with Crippen LogP contribution in [0.15, 0.2) is 30.3 Å². The molecule has 0 aromatic heterocycles. The van der Waals surface area contributed by atoms with Crippen LogP contribution < -0.4 is 10.6 Å². The zero-order chi connectivity index (χ0) is 17.4. The quantitative estimate of drug-likeness (QED) is 0.788. The fraction of sp³-hybridized carbons (Fsp3) is 0.500. The van der Waals surface area contributed by atoms with Crippen molar-refractivity contribution in [3.05, 3.63) is 35.9 Å². The van der Waals surface area contributed by atoms with Gasteiger partial charge in [-0.3, -0.25) is 9.59 Å². The number of carbonyl (C=O) groups is 2. The lowest BCUT2D eigenvalue weighted by Crippen LogP contribution is -2.41. The molecule has 3 rings (SSSR count). The Balaban J connectivity index is 1.62. The average molecular weight is 351 g/mol. The van der Waals surface area contributed by atoms with Crippen LogP contribution in [-0.4, -0.2) is 49.9 Å². The van der Waals surface area contributed by atoms with Crippen molar-refractivity contribution in [1.29, 1.82) is 0 Å². The largest absolute Gasteiger partial charge is 0.350 e. The second-order valence-corrected chi connectivity index (χ2v) is 8.54. The number of sulfonamides is 1. The minimum absolute atomic E-state index is 0.153. The van der Waals surface area contributed by atoms with Gasteiger partial charge in [-0.05, 0) is 18.4 Å². The van der Waals surface area contributed by atoms with Crippen LogP contribution >= 0.6 is 0 Å². The minimum atomic E-state index is -3.32. The topological polar surface area (TPSA) is 95.6 Å². The van der Waals surface area contributed by atoms with Crippen molar-refractivity contribution >= 4 is 21.8 Å². The van der Waals surface area contributed by atoms with Crippen molar-refractivity contribution in [1.82, 2.24) is 14.9 Å². The fourth-order valence-electron chi connectivity index (χ4n) is 3.38. The third kappa shape index (κ3) is 3.29. The standard InChI is InChI=1S/C16H21N3O4S/c1-24(22,23)19-8-7-16(11-19)9-13(18-15(16)21)14(20)17-10-12-5-3-2-4-6-12/h2-6,13H,7-11H2,1H3,(H,17,20)(H,18,21)/t13-,16+/m0/s1. The summed E-state index contributed by atoms with van der Waals surface area (Å²) in [5.74, 6) is -0.463. The van der Waals surface area contributed by atoms with E-state index < -0.39 is 21.5 Å². The van der Waals surface area contributed by atoms with Gasteiger partial charge in [-0.25, -0.2) is 12.7 Å². The SMILES string of the molecule is CS(=O)(=O)N1CC[C@@]2(C[C@@H](C(=O)NCc3ccccc3)NC2=O)C1. The average Bonchev–Trinajstić information content (AvgIpc) is 3.11. The number of benzene rings is 1. The smallest absolute Gasteiger partial charge is 0.242 e. The van der Waals surface area contributed by atoms with E-state index in [1.54, 1.807) is 0 Å². The van der Waals surface area contributed by atoms with Gasteiger partial charge in [-0.1, -0.05) is 30.3 Å². The Kier molecular flexibility index (Phi) is 4.35. The predicted molar refractivity (Wildman–Crippen MR) is 88.3 cm³/mol. The van der Waals surface area contributed by atoms with Crippen LogP contribution in [0.4, 0.5) is 0 Å². The molecule has 2 aliphatic rings. The molecule has 1 spiro atoms. The lowest BCUT2D eigenvalue weighted by atomic mass is 9.84. The minimum Gasteiger partial charge on any atom is -0.350 e. The molecule has 2 atom stereocenters. The Morgan fingerprint density at radius 2 is 2.08 bits per heavy atom. The molecule has 0 radical (unpaired) electrons. The predicted octanol–water partition coefficient (Wildman–Crippen LogP) is -0.157. The van der Waals surface area contributed by atoms with Crippen molar-refractivity contribution < 1.29 is 18.0 Å². The summed E-state index contributed by atoms with van der Waals surface area (Å²) in [6.07, 6.45) is 1.93. The summed E-state index contributed by atoms with van der Waals surface area (Å²) in [6.45, 7) is 0.874. The van der Waals surface area contributed by atoms with Gasteiger partial charge in [-0.15, -0.1) is 0 Å². The third-order valence-electron chi connectivity index (χ3n) is 4.80. The van der Waals surface area contributed by atoms with Crippen molar-refractivity contribution in [2.75, 3.05) is 19.3 Å². The van der Waals surface area contributed by atoms with Crippen molar-refractivity contribution in [3.63, 3.8) is 0 Å². The van der Waals surface area contributed by atoms with Crippen LogP contribution in [-0.2, 0) is 26.2 Å². The molecule has 2 amide bonds. The van der Waals surface area contributed by atoms with Gasteiger partial charge in [0.2, 0.25) is 21.8 Å². The monoisotopic (exact) mass is 351 g/mol. The van der Waals surface area contributed by atoms with Gasteiger partial charge in [0.1, 0.15) is 6.04 Å². The van der Waals surface area contributed by atoms with Gasteiger partial charge in [0.05, 0.1) is 11.7 Å². The fourth-order valence-corrected chi connectivity index (χ4v) is 4.29. The van der Waals surface area contributed by atoms with E-state index in [0.29, 0.717) is 25.9 Å². The molecular formula is C16H21N3O4S. The van der Waals surface area contributed by atoms with Crippen LogP contribution in [0.5, 0.6) is 0 Å². The second kappa shape index (κ2) is 6.18. The number of hydrogen-bond donors (Lipinski definition) is 2. The number of nitrogens with zero attached hydrogens (tertiary/aromatic N) is 1. The third-order valence-corrected chi connectivity index (χ3v) is 6.05. The summed E-state index contributed by atoms with van der Waals surface area (Å²) in [7, 11) is -3.32. The highest BCUT2D eigenvalue weighted by atomic mass is 32.2. The van der Waals surface area contributed by atoms with Gasteiger partial charge in [0.25, 0.3) is 0 Å². The highest BCUT2D eigenvalue weighted by Gasteiger charge is 2.53. The molecule has 2 heterocycles. The van der Waals surface area contributed by atoms with Crippen LogP contribution in [0.3, 0.4) is 0 Å². The van der Waals surface area contributed by atoms with Gasteiger partial charge < -0.3 is 10.6 Å². The number of hydrogen-bond acceptors (Lipinski definition) is 4. The highest BCUT2D eigenvalue weighted by Crippen LogP contribution is 2.40. The van der Waals surface area contributed by atoms with Crippen molar-refractivity contribution in [3.8, 4) is 0 Å². The van der Waals surface area contributed by atoms with Crippen LogP contribution in [0, 0.1) is 5.41 Å². The van der Waals surface area contributed by atoms with E-state index in [-0.39, 0.29) is 18.4 Å². The second-order valence-electron chi connectivity index (χ2n) is 6.56. The Bertz CT molecular complexity index is 750. The molecular weight excluding hydrogens is 330 g/mol. The van der Waals surface area contributed by atoms with Gasteiger partial charge in [-0.2, -0.15) is 0 Å². The van der Waals surface area contributed by atoms with Gasteiger partial charge in [0, 0.05) is 19.6 Å². The number of amides is 2. The maximum atomic E-state index is 12.3. The first-order valence-corrected chi connectivity index (χ1v) is 9.73. The summed E-state index contributed by atoms with van der Waals surface area (Å²) in [6, 6.07) is 8.91. The summed E-state index contributed by atoms with van der Waals surface area (Å²) in [5, 5.41) is 5.55. The summed E-state index contributed by atoms with van der Waals surface area (Å²) >= 11 is 0. The van der Waals surface area contributed by atoms with Crippen molar-refractivity contribution in [2.45, 2.75) is 25.4 Å². The molecule has 8 heteroatoms. The van der Waals surface area contributed by atoms with E-state index in [1.807, 2.05) is 30.3 Å². The summed E-state index contributed by atoms with van der Waals surface area (Å²) < 4.78 is 24.7. The molecule has 7 nitrogen and oxygen atoms in total. The molecule has 2 saturated heterocycles. The Labute approximate surface area is 141 Å². The van der Waals surface area contributed by atoms with E-state index in [9.17, 15) is 18.0 Å². The molecule has 1 aromatic rings. The van der Waals surface area contributed by atoms with Crippen LogP contribution in [0.2, 0.25) is 0 Å². The molecule has 2 N–H and O–H groups in total. The van der Waals surface area contributed by atoms with Crippen molar-refractivity contribution in [2.24, 2.45) is 5.41 Å². The van der Waals surface area contributed by atoms with E-state index in [4.69, 9.17) is 0 Å². The zero-order valence-corrected chi connectivity index (χ0v) is 14.3. The first-order chi connectivity index (χ1) is 11.3. The van der Waals surface area contributed by atoms with E-state index in [2.05, 4.69) is 10.6 Å². The molecule has 2 fully saturated rings. The Hall–Kier alpha value is -1.93. The van der Waals surface area contributed by atoms with Gasteiger partial charge >= 0.3 is 0 Å². The molecule has 0 unspecified atom stereocenters. The Morgan fingerprint density at radius 3 is 2.71 bits per heavy atom. The molecule has 0 bridgehead atoms. The molecule has 24 heavy (non-hydrogen) atoms. The maximum absolute atomic E-state index is 12.3. The zero-order valence-electron chi connectivity index (χ0n) is 13.5. The molecule has 2 aliphatic heterocycles. The van der Waals surface area contributed by atoms with E-state index in [0.717, 1.165) is 11.8 Å². The molecule has 0 saturated carbocycles. The number of nitrogens with one attached hydrogen (secondary N) is 2. The van der Waals surface area contributed by atoms with E-state index in [1.165, 1.54) is 4.31 Å². The van der Waals surface area contributed by atoms with Crippen LogP contribution in [0.1, 0.15) is 18.4 Å². The van der Waals surface area contributed by atoms with Gasteiger partial charge in [0.15, 0.2) is 0 Å². The van der Waals surface area contributed by atoms with E-state index >= 15 is 0 Å². The normalized spacial score (nSPS) is 27.4. The van der Waals surface area contributed by atoms with Crippen LogP contribution in [0.25, 0.3) is 0 Å². The lowest BCUT2D eigenvalue weighted by Gasteiger charge is -2.20. The molecule has 0 aliphatic carbocycles. The highest BCUT2D eigenvalue weighted by molar-refractivity contribution is 7.88. The summed E-state index contributed by atoms with van der Waals surface area (Å²) in [5.41, 5.74) is 0.201. The Morgan fingerprint density at radius 1 is 1.38 bits per heavy atom.